The summed E-state index contributed by atoms with van der Waals surface area (Å²) in [6.07, 6.45) is 0. The third-order valence-electron chi connectivity index (χ3n) is 9.38. The van der Waals surface area contributed by atoms with Crippen molar-refractivity contribution in [2.75, 3.05) is 0 Å². The average Bonchev–Trinajstić information content (AvgIpc) is 3.68. The number of halogens is 2. The Morgan fingerprint density at radius 2 is 1.06 bits per heavy atom. The molecule has 0 saturated heterocycles. The second-order valence-corrected chi connectivity index (χ2v) is 13.0. The first-order valence-corrected chi connectivity index (χ1v) is 16.6. The summed E-state index contributed by atoms with van der Waals surface area (Å²) in [5, 5.41) is 8.42. The predicted molar refractivity (Wildman–Crippen MR) is 201 cm³/mol. The molecule has 0 spiro atoms. The maximum atomic E-state index is 6.50. The largest absolute Gasteiger partial charge is 0.307 e. The van der Waals surface area contributed by atoms with Crippen LogP contribution >= 0.6 is 23.2 Å². The van der Waals surface area contributed by atoms with Gasteiger partial charge in [0.05, 0.1) is 33.3 Å². The Bertz CT molecular complexity index is 2870. The molecule has 0 N–H and O–H groups in total. The summed E-state index contributed by atoms with van der Waals surface area (Å²) in [4.78, 5) is 10.3. The molecule has 0 aliphatic rings. The van der Waals surface area contributed by atoms with E-state index in [1.807, 2.05) is 48.5 Å². The highest BCUT2D eigenvalue weighted by molar-refractivity contribution is 6.31. The van der Waals surface area contributed by atoms with Gasteiger partial charge in [0.2, 0.25) is 0 Å². The van der Waals surface area contributed by atoms with Gasteiger partial charge in [-0.15, -0.1) is 0 Å². The summed E-state index contributed by atoms with van der Waals surface area (Å²) in [5.41, 5.74) is 8.13. The number of benzene rings is 6. The number of para-hydroxylation sites is 2. The number of aromatic nitrogens is 4. The van der Waals surface area contributed by atoms with Crippen LogP contribution in [0.4, 0.5) is 0 Å². The van der Waals surface area contributed by atoms with E-state index in [4.69, 9.17) is 33.2 Å². The van der Waals surface area contributed by atoms with Crippen LogP contribution in [0.25, 0.3) is 88.4 Å². The van der Waals surface area contributed by atoms with E-state index in [1.54, 1.807) is 0 Å². The molecule has 0 bridgehead atoms. The molecule has 4 aromatic heterocycles. The molecule has 0 unspecified atom stereocenters. The zero-order valence-electron chi connectivity index (χ0n) is 25.4. The summed E-state index contributed by atoms with van der Waals surface area (Å²) in [6.45, 7) is 0. The van der Waals surface area contributed by atoms with Gasteiger partial charge in [0.15, 0.2) is 5.82 Å². The lowest BCUT2D eigenvalue weighted by Gasteiger charge is -2.14. The molecule has 0 amide bonds. The lowest BCUT2D eigenvalue weighted by Crippen LogP contribution is -2.03. The molecule has 48 heavy (non-hydrogen) atoms. The molecule has 0 radical (unpaired) electrons. The van der Waals surface area contributed by atoms with Crippen molar-refractivity contribution in [3.63, 3.8) is 0 Å². The first-order chi connectivity index (χ1) is 23.6. The van der Waals surface area contributed by atoms with E-state index in [0.717, 1.165) is 60.9 Å². The standard InChI is InChI=1S/C42H24Cl2N4/c43-28-11-7-9-25(21-28)35-24-39(46-42(45-35)27-10-8-12-29(44)22-27)48-37-18-6-4-16-33(37)34-20-19-26-23-38-32-15-2-1-13-30(32)31-14-3-5-17-36(31)47(38)40(26)41(34)48/h1-24H. The molecule has 10 aromatic rings. The number of fused-ring (bicyclic) bond motifs is 12. The summed E-state index contributed by atoms with van der Waals surface area (Å²) < 4.78 is 4.73. The maximum absolute atomic E-state index is 6.50. The van der Waals surface area contributed by atoms with E-state index in [9.17, 15) is 0 Å². The SMILES string of the molecule is Clc1cccc(-c2cc(-n3c4ccccc4c4ccc5cc6c7ccccc7c7ccccc7n6c5c43)nc(-c3cccc(Cl)c3)n2)c1. The minimum atomic E-state index is 0.583. The van der Waals surface area contributed by atoms with Crippen molar-refractivity contribution in [1.29, 1.82) is 0 Å². The number of hydrogen-bond donors (Lipinski definition) is 0. The first-order valence-electron chi connectivity index (χ1n) is 15.8. The van der Waals surface area contributed by atoms with E-state index >= 15 is 0 Å². The zero-order valence-corrected chi connectivity index (χ0v) is 26.9. The molecule has 10 rings (SSSR count). The van der Waals surface area contributed by atoms with E-state index < -0.39 is 0 Å². The molecular weight excluding hydrogens is 631 g/mol. The summed E-state index contributed by atoms with van der Waals surface area (Å²) in [7, 11) is 0. The fourth-order valence-electron chi connectivity index (χ4n) is 7.37. The van der Waals surface area contributed by atoms with Crippen LogP contribution in [0.3, 0.4) is 0 Å². The number of hydrogen-bond acceptors (Lipinski definition) is 2. The quantitative estimate of drug-likeness (QED) is 0.178. The molecule has 4 heterocycles. The van der Waals surface area contributed by atoms with Crippen molar-refractivity contribution < 1.29 is 0 Å². The van der Waals surface area contributed by atoms with Crippen molar-refractivity contribution in [3.8, 4) is 28.5 Å². The minimum absolute atomic E-state index is 0.583. The third-order valence-corrected chi connectivity index (χ3v) is 9.85. The molecule has 0 aliphatic heterocycles. The summed E-state index contributed by atoms with van der Waals surface area (Å²) >= 11 is 13.0. The van der Waals surface area contributed by atoms with Crippen LogP contribution in [0, 0.1) is 0 Å². The van der Waals surface area contributed by atoms with Gasteiger partial charge >= 0.3 is 0 Å². The normalized spacial score (nSPS) is 12.0. The Labute approximate surface area is 285 Å². The van der Waals surface area contributed by atoms with E-state index in [1.165, 1.54) is 21.7 Å². The Balaban J connectivity index is 1.41. The van der Waals surface area contributed by atoms with Gasteiger partial charge < -0.3 is 4.40 Å². The topological polar surface area (TPSA) is 35.1 Å². The Kier molecular flexibility index (Phi) is 5.95. The van der Waals surface area contributed by atoms with Crippen LogP contribution in [0.15, 0.2) is 146 Å². The lowest BCUT2D eigenvalue weighted by atomic mass is 10.1. The van der Waals surface area contributed by atoms with Crippen molar-refractivity contribution >= 4 is 83.1 Å². The van der Waals surface area contributed by atoms with Crippen LogP contribution in [0.5, 0.6) is 0 Å². The summed E-state index contributed by atoms with van der Waals surface area (Å²) in [6, 6.07) is 50.3. The molecule has 0 fully saturated rings. The predicted octanol–water partition coefficient (Wildman–Crippen LogP) is 11.9. The molecule has 0 atom stereocenters. The monoisotopic (exact) mass is 654 g/mol. The molecule has 0 saturated carbocycles. The third kappa shape index (κ3) is 4.03. The highest BCUT2D eigenvalue weighted by Gasteiger charge is 2.22. The van der Waals surface area contributed by atoms with Crippen LogP contribution in [0.1, 0.15) is 0 Å². The molecule has 6 aromatic carbocycles. The fourth-order valence-corrected chi connectivity index (χ4v) is 7.75. The molecule has 6 heteroatoms. The van der Waals surface area contributed by atoms with E-state index in [0.29, 0.717) is 15.9 Å². The Hall–Kier alpha value is -5.68. The second-order valence-electron chi connectivity index (χ2n) is 12.1. The number of rotatable bonds is 3. The van der Waals surface area contributed by atoms with Crippen LogP contribution in [-0.4, -0.2) is 18.9 Å². The highest BCUT2D eigenvalue weighted by Crippen LogP contribution is 2.41. The first kappa shape index (κ1) is 27.4. The van der Waals surface area contributed by atoms with Gasteiger partial charge in [0.1, 0.15) is 5.82 Å². The smallest absolute Gasteiger partial charge is 0.162 e. The van der Waals surface area contributed by atoms with Crippen molar-refractivity contribution in [1.82, 2.24) is 18.9 Å². The minimum Gasteiger partial charge on any atom is -0.307 e. The van der Waals surface area contributed by atoms with E-state index in [-0.39, 0.29) is 0 Å². The Morgan fingerprint density at radius 3 is 1.81 bits per heavy atom. The fraction of sp³-hybridized carbons (Fsp3) is 0. The van der Waals surface area contributed by atoms with Gasteiger partial charge in [-0.3, -0.25) is 4.57 Å². The maximum Gasteiger partial charge on any atom is 0.162 e. The molecule has 226 valence electrons. The summed E-state index contributed by atoms with van der Waals surface area (Å²) in [5.74, 6) is 1.34. The molecule has 0 aliphatic carbocycles. The zero-order chi connectivity index (χ0) is 31.9. The van der Waals surface area contributed by atoms with Crippen molar-refractivity contribution in [2.24, 2.45) is 0 Å². The molecule has 4 nitrogen and oxygen atoms in total. The average molecular weight is 656 g/mol. The highest BCUT2D eigenvalue weighted by atomic mass is 35.5. The molecular formula is C42H24Cl2N4. The van der Waals surface area contributed by atoms with Crippen LogP contribution < -0.4 is 0 Å². The van der Waals surface area contributed by atoms with Gasteiger partial charge in [0, 0.05) is 54.2 Å². The number of pyridine rings is 1. The van der Waals surface area contributed by atoms with Gasteiger partial charge in [-0.05, 0) is 47.9 Å². The van der Waals surface area contributed by atoms with Crippen molar-refractivity contribution in [2.45, 2.75) is 0 Å². The van der Waals surface area contributed by atoms with Crippen LogP contribution in [0.2, 0.25) is 10.0 Å². The Morgan fingerprint density at radius 1 is 0.438 bits per heavy atom. The lowest BCUT2D eigenvalue weighted by molar-refractivity contribution is 1.05. The van der Waals surface area contributed by atoms with Gasteiger partial charge in [-0.2, -0.15) is 0 Å². The van der Waals surface area contributed by atoms with E-state index in [2.05, 4.69) is 106 Å². The van der Waals surface area contributed by atoms with Gasteiger partial charge in [-0.1, -0.05) is 120 Å². The second kappa shape index (κ2) is 10.4. The van der Waals surface area contributed by atoms with Crippen molar-refractivity contribution in [3.05, 3.63) is 156 Å². The van der Waals surface area contributed by atoms with Gasteiger partial charge in [-0.25, -0.2) is 9.97 Å². The van der Waals surface area contributed by atoms with Gasteiger partial charge in [0.25, 0.3) is 0 Å². The number of nitrogens with zero attached hydrogens (tertiary/aromatic N) is 4. The van der Waals surface area contributed by atoms with Crippen LogP contribution in [-0.2, 0) is 0 Å².